The Morgan fingerprint density at radius 1 is 1.44 bits per heavy atom. The molecule has 0 aliphatic carbocycles. The Kier molecular flexibility index (Phi) is 3.88. The molecule has 16 heavy (non-hydrogen) atoms. The van der Waals surface area contributed by atoms with E-state index in [1.54, 1.807) is 0 Å². The molecule has 0 saturated carbocycles. The molecule has 0 unspecified atom stereocenters. The van der Waals surface area contributed by atoms with Crippen molar-refractivity contribution in [1.82, 2.24) is 0 Å². The maximum absolute atomic E-state index is 11.1. The Morgan fingerprint density at radius 2 is 2.12 bits per heavy atom. The quantitative estimate of drug-likeness (QED) is 0.786. The number of aromatic carboxylic acids is 1. The van der Waals surface area contributed by atoms with Crippen molar-refractivity contribution in [3.63, 3.8) is 0 Å². The fourth-order valence-corrected chi connectivity index (χ4v) is 1.19. The topological polar surface area (TPSA) is 89.6 Å². The number of nitrogens with two attached hydrogens (primary N) is 1. The summed E-state index contributed by atoms with van der Waals surface area (Å²) in [5.41, 5.74) is 5.25. The van der Waals surface area contributed by atoms with E-state index in [9.17, 15) is 9.59 Å². The summed E-state index contributed by atoms with van der Waals surface area (Å²) in [5, 5.41) is 8.77. The van der Waals surface area contributed by atoms with Crippen LogP contribution in [-0.2, 0) is 0 Å². The number of carbonyl (C=O) groups excluding carboxylic acids is 1. The zero-order chi connectivity index (χ0) is 12.1. The second-order valence-corrected chi connectivity index (χ2v) is 3.23. The van der Waals surface area contributed by atoms with Gasteiger partial charge in [0.2, 0.25) is 0 Å². The van der Waals surface area contributed by atoms with Crippen molar-refractivity contribution in [3.05, 3.63) is 29.3 Å². The van der Waals surface area contributed by atoms with Gasteiger partial charge in [0, 0.05) is 0 Å². The Bertz CT molecular complexity index is 414. The van der Waals surface area contributed by atoms with E-state index in [0.29, 0.717) is 12.4 Å². The molecule has 1 aromatic rings. The van der Waals surface area contributed by atoms with Crippen molar-refractivity contribution >= 4 is 11.9 Å². The number of ether oxygens (including phenoxy) is 1. The van der Waals surface area contributed by atoms with Gasteiger partial charge < -0.3 is 15.6 Å². The molecule has 1 amide bonds. The molecule has 5 heteroatoms. The van der Waals surface area contributed by atoms with Crippen LogP contribution in [0.3, 0.4) is 0 Å². The average Bonchev–Trinajstić information content (AvgIpc) is 2.25. The van der Waals surface area contributed by atoms with Crippen molar-refractivity contribution in [1.29, 1.82) is 0 Å². The summed E-state index contributed by atoms with van der Waals surface area (Å²) in [6, 6.07) is 4.04. The van der Waals surface area contributed by atoms with Crippen LogP contribution in [0.5, 0.6) is 5.75 Å². The van der Waals surface area contributed by atoms with E-state index in [4.69, 9.17) is 15.6 Å². The lowest BCUT2D eigenvalue weighted by Crippen LogP contribution is -2.14. The highest BCUT2D eigenvalue weighted by Crippen LogP contribution is 2.20. The zero-order valence-electron chi connectivity index (χ0n) is 8.90. The number of amides is 1. The highest BCUT2D eigenvalue weighted by Gasteiger charge is 2.13. The van der Waals surface area contributed by atoms with Gasteiger partial charge >= 0.3 is 5.97 Å². The Balaban J connectivity index is 3.09. The minimum absolute atomic E-state index is 0.0117. The minimum atomic E-state index is -1.11. The molecule has 1 rings (SSSR count). The summed E-state index contributed by atoms with van der Waals surface area (Å²) in [6.07, 6.45) is 0.791. The summed E-state index contributed by atoms with van der Waals surface area (Å²) in [5.74, 6) is -1.49. The molecule has 0 atom stereocenters. The largest absolute Gasteiger partial charge is 0.493 e. The number of benzene rings is 1. The van der Waals surface area contributed by atoms with Crippen molar-refractivity contribution < 1.29 is 19.4 Å². The first-order valence-corrected chi connectivity index (χ1v) is 4.86. The van der Waals surface area contributed by atoms with Crippen molar-refractivity contribution in [2.24, 2.45) is 5.73 Å². The molecular formula is C11H13NO4. The first kappa shape index (κ1) is 12.0. The van der Waals surface area contributed by atoms with Gasteiger partial charge in [0.15, 0.2) is 0 Å². The van der Waals surface area contributed by atoms with Gasteiger partial charge in [-0.3, -0.25) is 4.79 Å². The van der Waals surface area contributed by atoms with Gasteiger partial charge in [0.05, 0.1) is 17.7 Å². The van der Waals surface area contributed by atoms with Crippen LogP contribution in [0.1, 0.15) is 34.1 Å². The first-order valence-electron chi connectivity index (χ1n) is 4.86. The summed E-state index contributed by atoms with van der Waals surface area (Å²) in [7, 11) is 0. The monoisotopic (exact) mass is 223 g/mol. The molecule has 0 aromatic heterocycles. The molecule has 0 spiro atoms. The van der Waals surface area contributed by atoms with Crippen LogP contribution in [0.2, 0.25) is 0 Å². The molecule has 0 bridgehead atoms. The van der Waals surface area contributed by atoms with Gasteiger partial charge in [-0.05, 0) is 24.6 Å². The van der Waals surface area contributed by atoms with Crippen LogP contribution in [0.4, 0.5) is 0 Å². The van der Waals surface area contributed by atoms with Gasteiger partial charge in [-0.1, -0.05) is 6.92 Å². The van der Waals surface area contributed by atoms with Gasteiger partial charge in [-0.2, -0.15) is 0 Å². The van der Waals surface area contributed by atoms with Crippen LogP contribution in [-0.4, -0.2) is 23.6 Å². The van der Waals surface area contributed by atoms with Gasteiger partial charge in [-0.25, -0.2) is 4.79 Å². The normalized spacial score (nSPS) is 9.81. The van der Waals surface area contributed by atoms with Crippen molar-refractivity contribution in [3.8, 4) is 5.75 Å². The Labute approximate surface area is 92.8 Å². The molecule has 0 radical (unpaired) electrons. The molecule has 0 heterocycles. The number of hydrogen-bond donors (Lipinski definition) is 2. The standard InChI is InChI=1S/C11H13NO4/c1-2-5-16-9-4-3-7(11(14)15)6-8(9)10(12)13/h3-4,6H,2,5H2,1H3,(H2,12,13)(H,14,15). The molecular weight excluding hydrogens is 210 g/mol. The molecule has 0 aliphatic rings. The summed E-state index contributed by atoms with van der Waals surface area (Å²) < 4.78 is 5.29. The summed E-state index contributed by atoms with van der Waals surface area (Å²) >= 11 is 0. The van der Waals surface area contributed by atoms with Gasteiger partial charge in [0.1, 0.15) is 5.75 Å². The third-order valence-electron chi connectivity index (χ3n) is 1.95. The lowest BCUT2D eigenvalue weighted by atomic mass is 10.1. The van der Waals surface area contributed by atoms with E-state index in [1.165, 1.54) is 18.2 Å². The number of primary amides is 1. The lowest BCUT2D eigenvalue weighted by Gasteiger charge is -2.09. The molecule has 0 fully saturated rings. The highest BCUT2D eigenvalue weighted by atomic mass is 16.5. The van der Waals surface area contributed by atoms with Crippen LogP contribution >= 0.6 is 0 Å². The number of rotatable bonds is 5. The van der Waals surface area contributed by atoms with E-state index >= 15 is 0 Å². The molecule has 5 nitrogen and oxygen atoms in total. The predicted octanol–water partition coefficient (Wildman–Crippen LogP) is 1.27. The fraction of sp³-hybridized carbons (Fsp3) is 0.273. The van der Waals surface area contributed by atoms with Crippen LogP contribution in [0.25, 0.3) is 0 Å². The molecule has 3 N–H and O–H groups in total. The average molecular weight is 223 g/mol. The Hall–Kier alpha value is -2.04. The highest BCUT2D eigenvalue weighted by molar-refractivity contribution is 5.98. The van der Waals surface area contributed by atoms with Crippen LogP contribution in [0, 0.1) is 0 Å². The summed E-state index contributed by atoms with van der Waals surface area (Å²) in [4.78, 5) is 21.8. The second kappa shape index (κ2) is 5.16. The number of carboxylic acids is 1. The number of carboxylic acid groups (broad SMARTS) is 1. The second-order valence-electron chi connectivity index (χ2n) is 3.23. The van der Waals surface area contributed by atoms with Gasteiger partial charge in [0.25, 0.3) is 5.91 Å². The van der Waals surface area contributed by atoms with Crippen LogP contribution in [0.15, 0.2) is 18.2 Å². The zero-order valence-corrected chi connectivity index (χ0v) is 8.90. The molecule has 1 aromatic carbocycles. The number of hydrogen-bond acceptors (Lipinski definition) is 3. The lowest BCUT2D eigenvalue weighted by molar-refractivity contribution is 0.0697. The SMILES string of the molecule is CCCOc1ccc(C(=O)O)cc1C(N)=O. The molecule has 86 valence electrons. The Morgan fingerprint density at radius 3 is 2.62 bits per heavy atom. The van der Waals surface area contributed by atoms with E-state index in [2.05, 4.69) is 0 Å². The van der Waals surface area contributed by atoms with E-state index in [0.717, 1.165) is 6.42 Å². The maximum Gasteiger partial charge on any atom is 0.335 e. The number of carbonyl (C=O) groups is 2. The first-order chi connectivity index (χ1) is 7.56. The maximum atomic E-state index is 11.1. The van der Waals surface area contributed by atoms with Crippen molar-refractivity contribution in [2.75, 3.05) is 6.61 Å². The molecule has 0 aliphatic heterocycles. The fourth-order valence-electron chi connectivity index (χ4n) is 1.19. The van der Waals surface area contributed by atoms with E-state index in [-0.39, 0.29) is 11.1 Å². The third-order valence-corrected chi connectivity index (χ3v) is 1.95. The van der Waals surface area contributed by atoms with E-state index < -0.39 is 11.9 Å². The van der Waals surface area contributed by atoms with E-state index in [1.807, 2.05) is 6.92 Å². The predicted molar refractivity (Wildman–Crippen MR) is 57.7 cm³/mol. The smallest absolute Gasteiger partial charge is 0.335 e. The summed E-state index contributed by atoms with van der Waals surface area (Å²) in [6.45, 7) is 2.38. The third kappa shape index (κ3) is 2.73. The van der Waals surface area contributed by atoms with Crippen molar-refractivity contribution in [2.45, 2.75) is 13.3 Å². The molecule has 0 saturated heterocycles. The minimum Gasteiger partial charge on any atom is -0.493 e. The van der Waals surface area contributed by atoms with Crippen LogP contribution < -0.4 is 10.5 Å². The van der Waals surface area contributed by atoms with Gasteiger partial charge in [-0.15, -0.1) is 0 Å².